The van der Waals surface area contributed by atoms with Gasteiger partial charge < -0.3 is 9.64 Å². The molecule has 5 heteroatoms. The zero-order chi connectivity index (χ0) is 12.4. The lowest BCUT2D eigenvalue weighted by atomic mass is 10.1. The topological polar surface area (TPSA) is 46.6 Å². The van der Waals surface area contributed by atoms with Crippen molar-refractivity contribution in [3.8, 4) is 0 Å². The van der Waals surface area contributed by atoms with Crippen molar-refractivity contribution in [2.24, 2.45) is 0 Å². The van der Waals surface area contributed by atoms with Crippen LogP contribution in [0.5, 0.6) is 0 Å². The van der Waals surface area contributed by atoms with Gasteiger partial charge in [0, 0.05) is 17.6 Å². The highest BCUT2D eigenvalue weighted by atomic mass is 79.9. The number of carbonyl (C=O) groups is 2. The lowest BCUT2D eigenvalue weighted by Crippen LogP contribution is -2.32. The summed E-state index contributed by atoms with van der Waals surface area (Å²) in [5, 5.41) is 0. The van der Waals surface area contributed by atoms with Crippen molar-refractivity contribution in [1.82, 2.24) is 0 Å². The summed E-state index contributed by atoms with van der Waals surface area (Å²) in [5.41, 5.74) is 1.13. The molecule has 0 radical (unpaired) electrons. The molecular weight excluding hydrogens is 286 g/mol. The molecule has 0 fully saturated rings. The summed E-state index contributed by atoms with van der Waals surface area (Å²) < 4.78 is 6.00. The number of amides is 1. The molecule has 1 amide bonds. The molecule has 4 nitrogen and oxygen atoms in total. The van der Waals surface area contributed by atoms with E-state index in [1.165, 1.54) is 4.90 Å². The molecule has 0 unspecified atom stereocenters. The fourth-order valence-electron chi connectivity index (χ4n) is 1.79. The van der Waals surface area contributed by atoms with E-state index in [9.17, 15) is 9.59 Å². The standard InChI is InChI=1S/C12H12BrNO3/c1-2-17-6-5-14-10-4-3-8(13)7-9(10)11(15)12(14)16/h3-4,7H,2,5-6H2,1H3. The largest absolute Gasteiger partial charge is 0.380 e. The van der Waals surface area contributed by atoms with Crippen LogP contribution in [0, 0.1) is 0 Å². The minimum atomic E-state index is -0.474. The Balaban J connectivity index is 2.25. The first-order chi connectivity index (χ1) is 8.15. The number of ketones is 1. The van der Waals surface area contributed by atoms with E-state index in [0.29, 0.717) is 31.0 Å². The maximum absolute atomic E-state index is 11.8. The molecule has 0 aliphatic carbocycles. The van der Waals surface area contributed by atoms with Crippen molar-refractivity contribution >= 4 is 33.3 Å². The van der Waals surface area contributed by atoms with Crippen molar-refractivity contribution < 1.29 is 14.3 Å². The van der Waals surface area contributed by atoms with Gasteiger partial charge in [0.15, 0.2) is 0 Å². The second-order valence-electron chi connectivity index (χ2n) is 3.64. The van der Waals surface area contributed by atoms with E-state index in [4.69, 9.17) is 4.74 Å². The quantitative estimate of drug-likeness (QED) is 0.631. The first kappa shape index (κ1) is 12.3. The number of hydrogen-bond donors (Lipinski definition) is 0. The molecule has 1 aromatic rings. The Morgan fingerprint density at radius 2 is 2.12 bits per heavy atom. The van der Waals surface area contributed by atoms with Gasteiger partial charge >= 0.3 is 0 Å². The number of hydrogen-bond acceptors (Lipinski definition) is 3. The predicted molar refractivity (Wildman–Crippen MR) is 67.3 cm³/mol. The summed E-state index contributed by atoms with van der Waals surface area (Å²) in [6, 6.07) is 5.27. The Morgan fingerprint density at radius 3 is 2.82 bits per heavy atom. The number of halogens is 1. The maximum Gasteiger partial charge on any atom is 0.299 e. The molecule has 0 spiro atoms. The van der Waals surface area contributed by atoms with Gasteiger partial charge in [0.05, 0.1) is 17.9 Å². The zero-order valence-corrected chi connectivity index (χ0v) is 11.0. The predicted octanol–water partition coefficient (Wildman–Crippen LogP) is 2.01. The highest BCUT2D eigenvalue weighted by Gasteiger charge is 2.35. The molecular formula is C12H12BrNO3. The van der Waals surface area contributed by atoms with Gasteiger partial charge in [-0.05, 0) is 25.1 Å². The normalized spacial score (nSPS) is 14.4. The molecule has 1 aromatic carbocycles. The van der Waals surface area contributed by atoms with E-state index in [1.54, 1.807) is 12.1 Å². The fraction of sp³-hybridized carbons (Fsp3) is 0.333. The van der Waals surface area contributed by atoms with Gasteiger partial charge in [-0.1, -0.05) is 15.9 Å². The van der Waals surface area contributed by atoms with E-state index in [-0.39, 0.29) is 0 Å². The molecule has 2 rings (SSSR count). The molecule has 0 saturated carbocycles. The molecule has 1 aliphatic rings. The third-order valence-corrected chi connectivity index (χ3v) is 3.09. The van der Waals surface area contributed by atoms with Gasteiger partial charge in [-0.25, -0.2) is 0 Å². The number of benzene rings is 1. The van der Waals surface area contributed by atoms with Crippen LogP contribution in [0.25, 0.3) is 0 Å². The molecule has 0 atom stereocenters. The van der Waals surface area contributed by atoms with Crippen LogP contribution in [0.1, 0.15) is 17.3 Å². The van der Waals surface area contributed by atoms with E-state index in [1.807, 2.05) is 13.0 Å². The third-order valence-electron chi connectivity index (χ3n) is 2.60. The Bertz CT molecular complexity index is 473. The smallest absolute Gasteiger partial charge is 0.299 e. The first-order valence-corrected chi connectivity index (χ1v) is 6.18. The van der Waals surface area contributed by atoms with Gasteiger partial charge in [0.25, 0.3) is 11.7 Å². The summed E-state index contributed by atoms with van der Waals surface area (Å²) in [6.07, 6.45) is 0. The van der Waals surface area contributed by atoms with Gasteiger partial charge in [-0.2, -0.15) is 0 Å². The number of nitrogens with zero attached hydrogens (tertiary/aromatic N) is 1. The van der Waals surface area contributed by atoms with Crippen LogP contribution in [-0.4, -0.2) is 31.4 Å². The first-order valence-electron chi connectivity index (χ1n) is 5.38. The van der Waals surface area contributed by atoms with Crippen LogP contribution in [0.3, 0.4) is 0 Å². The van der Waals surface area contributed by atoms with Crippen LogP contribution >= 0.6 is 15.9 Å². The maximum atomic E-state index is 11.8. The van der Waals surface area contributed by atoms with Crippen molar-refractivity contribution in [2.45, 2.75) is 6.92 Å². The number of anilines is 1. The van der Waals surface area contributed by atoms with Crippen LogP contribution in [-0.2, 0) is 9.53 Å². The summed E-state index contributed by atoms with van der Waals surface area (Å²) in [6.45, 7) is 3.34. The SMILES string of the molecule is CCOCCN1C(=O)C(=O)c2cc(Br)ccc21. The highest BCUT2D eigenvalue weighted by Crippen LogP contribution is 2.30. The van der Waals surface area contributed by atoms with Crippen LogP contribution in [0.2, 0.25) is 0 Å². The van der Waals surface area contributed by atoms with E-state index < -0.39 is 11.7 Å². The van der Waals surface area contributed by atoms with Crippen LogP contribution < -0.4 is 4.90 Å². The van der Waals surface area contributed by atoms with E-state index >= 15 is 0 Å². The molecule has 17 heavy (non-hydrogen) atoms. The average Bonchev–Trinajstić information content (AvgIpc) is 2.54. The van der Waals surface area contributed by atoms with E-state index in [2.05, 4.69) is 15.9 Å². The molecule has 1 aliphatic heterocycles. The Hall–Kier alpha value is -1.20. The summed E-state index contributed by atoms with van der Waals surface area (Å²) in [7, 11) is 0. The third kappa shape index (κ3) is 2.25. The lowest BCUT2D eigenvalue weighted by Gasteiger charge is -2.15. The monoisotopic (exact) mass is 297 g/mol. The van der Waals surface area contributed by atoms with Crippen LogP contribution in [0.4, 0.5) is 5.69 Å². The van der Waals surface area contributed by atoms with Gasteiger partial charge in [0.1, 0.15) is 0 Å². The van der Waals surface area contributed by atoms with E-state index in [0.717, 1.165) is 4.47 Å². The van der Waals surface area contributed by atoms with Crippen molar-refractivity contribution in [1.29, 1.82) is 0 Å². The van der Waals surface area contributed by atoms with Crippen molar-refractivity contribution in [3.05, 3.63) is 28.2 Å². The molecule has 0 bridgehead atoms. The van der Waals surface area contributed by atoms with Gasteiger partial charge in [0.2, 0.25) is 0 Å². The Kier molecular flexibility index (Phi) is 3.59. The zero-order valence-electron chi connectivity index (χ0n) is 9.40. The molecule has 0 N–H and O–H groups in total. The molecule has 0 aromatic heterocycles. The van der Waals surface area contributed by atoms with Crippen molar-refractivity contribution in [3.63, 3.8) is 0 Å². The van der Waals surface area contributed by atoms with Gasteiger partial charge in [-0.15, -0.1) is 0 Å². The second kappa shape index (κ2) is 4.98. The average molecular weight is 298 g/mol. The minimum Gasteiger partial charge on any atom is -0.380 e. The highest BCUT2D eigenvalue weighted by molar-refractivity contribution is 9.10. The van der Waals surface area contributed by atoms with Crippen molar-refractivity contribution in [2.75, 3.05) is 24.7 Å². The molecule has 0 saturated heterocycles. The molecule has 1 heterocycles. The minimum absolute atomic E-state index is 0.410. The number of carbonyl (C=O) groups excluding carboxylic acids is 2. The Labute approximate surface area is 108 Å². The summed E-state index contributed by atoms with van der Waals surface area (Å²) >= 11 is 3.29. The van der Waals surface area contributed by atoms with Gasteiger partial charge in [-0.3, -0.25) is 9.59 Å². The molecule has 90 valence electrons. The lowest BCUT2D eigenvalue weighted by molar-refractivity contribution is -0.114. The van der Waals surface area contributed by atoms with Crippen LogP contribution in [0.15, 0.2) is 22.7 Å². The number of Topliss-reactive ketones (excluding diaryl/α,β-unsaturated/α-hetero) is 1. The summed E-state index contributed by atoms with van der Waals surface area (Å²) in [4.78, 5) is 25.0. The second-order valence-corrected chi connectivity index (χ2v) is 4.56. The number of fused-ring (bicyclic) bond motifs is 1. The number of rotatable bonds is 4. The fourth-order valence-corrected chi connectivity index (χ4v) is 2.16. The Morgan fingerprint density at radius 1 is 1.35 bits per heavy atom. The summed E-state index contributed by atoms with van der Waals surface area (Å²) in [5.74, 6) is -0.921. The number of ether oxygens (including phenoxy) is 1.